The quantitative estimate of drug-likeness (QED) is 0.619. The van der Waals surface area contributed by atoms with Gasteiger partial charge in [0.05, 0.1) is 7.11 Å². The van der Waals surface area contributed by atoms with Gasteiger partial charge in [-0.2, -0.15) is 8.42 Å². The molecule has 8 heteroatoms. The van der Waals surface area contributed by atoms with Crippen LogP contribution in [0.5, 0.6) is 11.5 Å². The molecule has 2 aromatic carbocycles. The lowest BCUT2D eigenvalue weighted by atomic mass is 9.95. The van der Waals surface area contributed by atoms with Crippen LogP contribution in [0, 0.1) is 0 Å². The van der Waals surface area contributed by atoms with E-state index in [-0.39, 0.29) is 11.7 Å². The van der Waals surface area contributed by atoms with E-state index < -0.39 is 10.5 Å². The summed E-state index contributed by atoms with van der Waals surface area (Å²) >= 11 is 6.08. The Morgan fingerprint density at radius 1 is 1.35 bits per heavy atom. The van der Waals surface area contributed by atoms with Crippen LogP contribution in [-0.2, 0) is 10.5 Å². The van der Waals surface area contributed by atoms with Crippen LogP contribution in [0.2, 0.25) is 0 Å². The topological polar surface area (TPSA) is 55.8 Å². The summed E-state index contributed by atoms with van der Waals surface area (Å²) in [4.78, 5) is 1.94. The Kier molecular flexibility index (Phi) is 4.01. The van der Waals surface area contributed by atoms with Crippen LogP contribution in [0.25, 0.3) is 10.8 Å². The summed E-state index contributed by atoms with van der Waals surface area (Å²) in [5.74, 6) is 1.07. The SMILES string of the molecule is COc1ccc2c(OS(=O)(=O)F)cc3c(c2c1)[C@H](CCl)CN3C. The summed E-state index contributed by atoms with van der Waals surface area (Å²) in [7, 11) is -1.71. The van der Waals surface area contributed by atoms with Crippen LogP contribution in [0.15, 0.2) is 24.3 Å². The molecule has 1 heterocycles. The Balaban J connectivity index is 2.33. The third-order valence-corrected chi connectivity index (χ3v) is 4.77. The van der Waals surface area contributed by atoms with Crippen molar-refractivity contribution in [3.63, 3.8) is 0 Å². The Bertz CT molecular complexity index is 871. The van der Waals surface area contributed by atoms with E-state index >= 15 is 0 Å². The standard InChI is InChI=1S/C15H15ClFNO4S/c1-18-8-9(7-16)15-12-5-10(21-2)3-4-11(12)14(6-13(15)18)22-23(17,19)20/h3-6,9H,7-8H2,1-2H3/t9-/m1/s1. The predicted molar refractivity (Wildman–Crippen MR) is 87.9 cm³/mol. The number of anilines is 1. The zero-order valence-electron chi connectivity index (χ0n) is 12.5. The molecule has 23 heavy (non-hydrogen) atoms. The lowest BCUT2D eigenvalue weighted by Crippen LogP contribution is -2.15. The smallest absolute Gasteiger partial charge is 0.488 e. The largest absolute Gasteiger partial charge is 0.497 e. The summed E-state index contributed by atoms with van der Waals surface area (Å²) in [6.45, 7) is 0.691. The van der Waals surface area contributed by atoms with E-state index in [1.165, 1.54) is 6.07 Å². The minimum Gasteiger partial charge on any atom is -0.497 e. The van der Waals surface area contributed by atoms with Crippen LogP contribution in [0.3, 0.4) is 0 Å². The fourth-order valence-electron chi connectivity index (χ4n) is 3.07. The molecule has 0 saturated heterocycles. The fraction of sp³-hybridized carbons (Fsp3) is 0.333. The van der Waals surface area contributed by atoms with Crippen molar-refractivity contribution in [3.05, 3.63) is 29.8 Å². The van der Waals surface area contributed by atoms with Crippen molar-refractivity contribution in [2.75, 3.05) is 31.5 Å². The lowest BCUT2D eigenvalue weighted by Gasteiger charge is -2.16. The molecule has 0 aromatic heterocycles. The maximum atomic E-state index is 13.0. The zero-order chi connectivity index (χ0) is 16.8. The van der Waals surface area contributed by atoms with Crippen LogP contribution in [0.1, 0.15) is 11.5 Å². The Labute approximate surface area is 139 Å². The molecule has 5 nitrogen and oxygen atoms in total. The van der Waals surface area contributed by atoms with Gasteiger partial charge in [-0.15, -0.1) is 11.6 Å². The number of benzene rings is 2. The van der Waals surface area contributed by atoms with Crippen LogP contribution >= 0.6 is 11.6 Å². The van der Waals surface area contributed by atoms with Crippen molar-refractivity contribution in [3.8, 4) is 11.5 Å². The molecule has 0 radical (unpaired) electrons. The lowest BCUT2D eigenvalue weighted by molar-refractivity contribution is 0.415. The van der Waals surface area contributed by atoms with Gasteiger partial charge in [-0.25, -0.2) is 0 Å². The molecule has 0 fully saturated rings. The van der Waals surface area contributed by atoms with Gasteiger partial charge in [-0.05, 0) is 29.1 Å². The number of halogens is 2. The average Bonchev–Trinajstić information content (AvgIpc) is 2.82. The number of fused-ring (bicyclic) bond motifs is 3. The van der Waals surface area contributed by atoms with Gasteiger partial charge in [0.2, 0.25) is 0 Å². The van der Waals surface area contributed by atoms with Crippen molar-refractivity contribution in [2.24, 2.45) is 0 Å². The second-order valence-electron chi connectivity index (χ2n) is 5.43. The number of alkyl halides is 1. The molecule has 0 aliphatic carbocycles. The summed E-state index contributed by atoms with van der Waals surface area (Å²) in [6.07, 6.45) is 0. The van der Waals surface area contributed by atoms with Crippen LogP contribution < -0.4 is 13.8 Å². The van der Waals surface area contributed by atoms with Crippen molar-refractivity contribution >= 4 is 38.6 Å². The molecule has 124 valence electrons. The maximum Gasteiger partial charge on any atom is 0.488 e. The highest BCUT2D eigenvalue weighted by molar-refractivity contribution is 7.81. The van der Waals surface area contributed by atoms with Crippen molar-refractivity contribution in [1.82, 2.24) is 0 Å². The molecule has 3 rings (SSSR count). The summed E-state index contributed by atoms with van der Waals surface area (Å²) in [5.41, 5.74) is 1.76. The third kappa shape index (κ3) is 2.90. The Morgan fingerprint density at radius 3 is 2.70 bits per heavy atom. The van der Waals surface area contributed by atoms with Crippen molar-refractivity contribution in [2.45, 2.75) is 5.92 Å². The monoisotopic (exact) mass is 359 g/mol. The first kappa shape index (κ1) is 16.1. The van der Waals surface area contributed by atoms with Crippen LogP contribution in [0.4, 0.5) is 9.57 Å². The van der Waals surface area contributed by atoms with Crippen molar-refractivity contribution in [1.29, 1.82) is 0 Å². The molecular weight excluding hydrogens is 345 g/mol. The number of methoxy groups -OCH3 is 1. The van der Waals surface area contributed by atoms with Gasteiger partial charge in [-0.3, -0.25) is 0 Å². The predicted octanol–water partition coefficient (Wildman–Crippen LogP) is 3.21. The van der Waals surface area contributed by atoms with Gasteiger partial charge in [0, 0.05) is 42.5 Å². The van der Waals surface area contributed by atoms with Crippen molar-refractivity contribution < 1.29 is 21.2 Å². The van der Waals surface area contributed by atoms with E-state index in [1.807, 2.05) is 11.9 Å². The number of nitrogens with zero attached hydrogens (tertiary/aromatic N) is 1. The minimum atomic E-state index is -5.11. The number of ether oxygens (including phenoxy) is 1. The first-order valence-electron chi connectivity index (χ1n) is 6.90. The maximum absolute atomic E-state index is 13.0. The molecule has 0 saturated carbocycles. The fourth-order valence-corrected chi connectivity index (χ4v) is 3.68. The molecule has 0 spiro atoms. The molecule has 0 bridgehead atoms. The molecule has 1 aliphatic rings. The van der Waals surface area contributed by atoms with E-state index in [9.17, 15) is 12.3 Å². The van der Waals surface area contributed by atoms with E-state index in [1.54, 1.807) is 25.3 Å². The van der Waals surface area contributed by atoms with E-state index in [0.29, 0.717) is 23.6 Å². The van der Waals surface area contributed by atoms with Gasteiger partial charge in [0.15, 0.2) is 5.75 Å². The summed E-state index contributed by atoms with van der Waals surface area (Å²) < 4.78 is 44.6. The number of rotatable bonds is 4. The van der Waals surface area contributed by atoms with Gasteiger partial charge >= 0.3 is 10.5 Å². The normalized spacial score (nSPS) is 17.4. The zero-order valence-corrected chi connectivity index (χ0v) is 14.1. The van der Waals surface area contributed by atoms with Gasteiger partial charge in [0.1, 0.15) is 5.75 Å². The molecule has 0 N–H and O–H groups in total. The Morgan fingerprint density at radius 2 is 2.09 bits per heavy atom. The summed E-state index contributed by atoms with van der Waals surface area (Å²) in [6, 6.07) is 6.64. The first-order valence-corrected chi connectivity index (χ1v) is 8.74. The molecular formula is C15H15ClFNO4S. The van der Waals surface area contributed by atoms with Gasteiger partial charge in [0.25, 0.3) is 0 Å². The van der Waals surface area contributed by atoms with Crippen LogP contribution in [-0.4, -0.2) is 35.0 Å². The average molecular weight is 360 g/mol. The van der Waals surface area contributed by atoms with E-state index in [4.69, 9.17) is 16.3 Å². The molecule has 0 unspecified atom stereocenters. The van der Waals surface area contributed by atoms with E-state index in [2.05, 4.69) is 4.18 Å². The number of hydrogen-bond donors (Lipinski definition) is 0. The third-order valence-electron chi connectivity index (χ3n) is 4.02. The molecule has 1 aliphatic heterocycles. The number of hydrogen-bond acceptors (Lipinski definition) is 5. The summed E-state index contributed by atoms with van der Waals surface area (Å²) in [5, 5.41) is 1.24. The highest BCUT2D eigenvalue weighted by atomic mass is 35.5. The first-order chi connectivity index (χ1) is 10.8. The Hall–Kier alpha value is -1.73. The second-order valence-corrected chi connectivity index (χ2v) is 6.69. The molecule has 0 amide bonds. The molecule has 1 atom stereocenters. The minimum absolute atomic E-state index is 0.0500. The highest BCUT2D eigenvalue weighted by Crippen LogP contribution is 2.46. The molecule has 2 aromatic rings. The number of likely N-dealkylation sites (N-methyl/N-ethyl adjacent to an activating group) is 1. The van der Waals surface area contributed by atoms with E-state index in [0.717, 1.165) is 16.6 Å². The second kappa shape index (κ2) is 5.72. The van der Waals surface area contributed by atoms with Gasteiger partial charge in [-0.1, -0.05) is 3.89 Å². The highest BCUT2D eigenvalue weighted by Gasteiger charge is 2.30. The van der Waals surface area contributed by atoms with Gasteiger partial charge < -0.3 is 13.8 Å².